The lowest BCUT2D eigenvalue weighted by Crippen LogP contribution is -2.33. The zero-order valence-electron chi connectivity index (χ0n) is 19.8. The number of fused-ring (bicyclic) bond motifs is 2. The van der Waals surface area contributed by atoms with Crippen molar-refractivity contribution in [3.05, 3.63) is 63.1 Å². The van der Waals surface area contributed by atoms with Crippen molar-refractivity contribution in [2.75, 3.05) is 6.61 Å². The highest BCUT2D eigenvalue weighted by atomic mass is 19.1. The molecule has 2 aromatic carbocycles. The van der Waals surface area contributed by atoms with Crippen molar-refractivity contribution in [2.45, 2.75) is 52.2 Å². The van der Waals surface area contributed by atoms with Crippen LogP contribution in [0.2, 0.25) is 0 Å². The van der Waals surface area contributed by atoms with Crippen molar-refractivity contribution in [2.24, 2.45) is 7.05 Å². The smallest absolute Gasteiger partial charge is 0.339 e. The van der Waals surface area contributed by atoms with E-state index < -0.39 is 34.9 Å². The molecule has 1 aliphatic heterocycles. The first-order valence-corrected chi connectivity index (χ1v) is 11.1. The molecule has 0 fully saturated rings. The number of hydrogen-bond donors (Lipinski definition) is 1. The quantitative estimate of drug-likeness (QED) is 0.576. The third kappa shape index (κ3) is 4.07. The second-order valence-electron chi connectivity index (χ2n) is 9.55. The summed E-state index contributed by atoms with van der Waals surface area (Å²) in [5.41, 5.74) is 0.757. The highest BCUT2D eigenvalue weighted by Gasteiger charge is 2.34. The molecule has 1 aromatic heterocycles. The maximum absolute atomic E-state index is 15.2. The lowest BCUT2D eigenvalue weighted by atomic mass is 9.87. The van der Waals surface area contributed by atoms with Gasteiger partial charge in [-0.1, -0.05) is 6.07 Å². The van der Waals surface area contributed by atoms with E-state index in [2.05, 4.69) is 0 Å². The summed E-state index contributed by atoms with van der Waals surface area (Å²) in [5, 5.41) is 10.5. The van der Waals surface area contributed by atoms with Gasteiger partial charge in [-0.05, 0) is 75.2 Å². The molecule has 1 aliphatic rings. The maximum atomic E-state index is 15.2. The number of carboxylic acids is 1. The van der Waals surface area contributed by atoms with E-state index in [0.29, 0.717) is 47.1 Å². The SMILES string of the molecule is Cc1c(-c2c([C@H](OC(C)(C)C)C(=O)O)n(C)c(=O)c3cc(F)ccc23)cc(F)c2c1CCCO2. The third-order valence-corrected chi connectivity index (χ3v) is 6.05. The highest BCUT2D eigenvalue weighted by Crippen LogP contribution is 2.42. The number of aromatic nitrogens is 1. The van der Waals surface area contributed by atoms with Crippen molar-refractivity contribution < 1.29 is 28.2 Å². The average molecular weight is 472 g/mol. The van der Waals surface area contributed by atoms with Gasteiger partial charge in [0.2, 0.25) is 0 Å². The highest BCUT2D eigenvalue weighted by molar-refractivity contribution is 6.00. The number of rotatable bonds is 4. The number of aliphatic carboxylic acids is 1. The van der Waals surface area contributed by atoms with E-state index in [4.69, 9.17) is 9.47 Å². The zero-order valence-corrected chi connectivity index (χ0v) is 19.8. The van der Waals surface area contributed by atoms with Crippen molar-refractivity contribution in [3.63, 3.8) is 0 Å². The van der Waals surface area contributed by atoms with Crippen molar-refractivity contribution in [1.29, 1.82) is 0 Å². The fourth-order valence-electron chi connectivity index (χ4n) is 4.59. The van der Waals surface area contributed by atoms with Gasteiger partial charge in [-0.2, -0.15) is 0 Å². The van der Waals surface area contributed by atoms with Crippen LogP contribution in [0.4, 0.5) is 8.78 Å². The molecule has 2 heterocycles. The molecular formula is C26H27F2NO5. The Bertz CT molecular complexity index is 1370. The Labute approximate surface area is 195 Å². The van der Waals surface area contributed by atoms with Gasteiger partial charge in [0.25, 0.3) is 5.56 Å². The lowest BCUT2D eigenvalue weighted by Gasteiger charge is -2.29. The first kappa shape index (κ1) is 23.9. The van der Waals surface area contributed by atoms with E-state index in [1.807, 2.05) is 6.92 Å². The van der Waals surface area contributed by atoms with Gasteiger partial charge in [0.15, 0.2) is 17.7 Å². The van der Waals surface area contributed by atoms with Crippen LogP contribution in [0.3, 0.4) is 0 Å². The molecule has 6 nitrogen and oxygen atoms in total. The predicted octanol–water partition coefficient (Wildman–Crippen LogP) is 5.06. The minimum atomic E-state index is -1.53. The molecule has 1 N–H and O–H groups in total. The molecule has 4 rings (SSSR count). The molecule has 0 amide bonds. The first-order chi connectivity index (χ1) is 15.9. The molecule has 0 bridgehead atoms. The summed E-state index contributed by atoms with van der Waals surface area (Å²) in [5.74, 6) is -2.29. The summed E-state index contributed by atoms with van der Waals surface area (Å²) in [4.78, 5) is 25.6. The summed E-state index contributed by atoms with van der Waals surface area (Å²) >= 11 is 0. The minimum Gasteiger partial charge on any atom is -0.490 e. The van der Waals surface area contributed by atoms with Gasteiger partial charge >= 0.3 is 5.97 Å². The molecule has 0 saturated carbocycles. The van der Waals surface area contributed by atoms with Gasteiger partial charge < -0.3 is 19.1 Å². The van der Waals surface area contributed by atoms with Gasteiger partial charge in [0.1, 0.15) is 5.82 Å². The number of hydrogen-bond acceptors (Lipinski definition) is 4. The number of ether oxygens (including phenoxy) is 2. The maximum Gasteiger partial charge on any atom is 0.339 e. The Morgan fingerprint density at radius 3 is 2.56 bits per heavy atom. The van der Waals surface area contributed by atoms with Crippen LogP contribution in [0.15, 0.2) is 29.1 Å². The molecule has 3 aromatic rings. The number of halogens is 2. The number of carbonyl (C=O) groups is 1. The third-order valence-electron chi connectivity index (χ3n) is 6.05. The summed E-state index contributed by atoms with van der Waals surface area (Å²) in [6.45, 7) is 7.35. The Balaban J connectivity index is 2.18. The van der Waals surface area contributed by atoms with Gasteiger partial charge in [-0.3, -0.25) is 4.79 Å². The van der Waals surface area contributed by atoms with Crippen molar-refractivity contribution in [3.8, 4) is 16.9 Å². The Hall–Kier alpha value is -3.26. The van der Waals surface area contributed by atoms with Crippen LogP contribution in [-0.2, 0) is 23.0 Å². The molecule has 0 aliphatic carbocycles. The molecule has 8 heteroatoms. The van der Waals surface area contributed by atoms with Gasteiger partial charge in [0.05, 0.1) is 23.3 Å². The topological polar surface area (TPSA) is 77.8 Å². The average Bonchev–Trinajstić information content (AvgIpc) is 2.77. The lowest BCUT2D eigenvalue weighted by molar-refractivity contribution is -0.161. The monoisotopic (exact) mass is 471 g/mol. The van der Waals surface area contributed by atoms with Crippen LogP contribution in [0.25, 0.3) is 21.9 Å². The van der Waals surface area contributed by atoms with E-state index in [9.17, 15) is 19.1 Å². The number of pyridine rings is 1. The number of carboxylic acid groups (broad SMARTS) is 1. The van der Waals surface area contributed by atoms with E-state index in [1.165, 1.54) is 25.2 Å². The fraction of sp³-hybridized carbons (Fsp3) is 0.385. The standard InChI is InChI=1S/C26H27F2NO5/c1-13-15-7-6-10-33-22(15)19(28)12-17(13)20-16-9-8-14(27)11-18(16)24(30)29(5)21(20)23(25(31)32)34-26(2,3)4/h8-9,11-12,23H,6-7,10H2,1-5H3,(H,31,32)/t23-/m0/s1. The normalized spacial score (nSPS) is 14.6. The Morgan fingerprint density at radius 1 is 1.21 bits per heavy atom. The van der Waals surface area contributed by atoms with Gasteiger partial charge in [-0.15, -0.1) is 0 Å². The molecule has 0 saturated heterocycles. The number of benzene rings is 2. The molecular weight excluding hydrogens is 444 g/mol. The molecule has 0 spiro atoms. The number of nitrogens with zero attached hydrogens (tertiary/aromatic N) is 1. The Morgan fingerprint density at radius 2 is 1.91 bits per heavy atom. The van der Waals surface area contributed by atoms with Crippen LogP contribution in [0.1, 0.15) is 50.1 Å². The summed E-state index contributed by atoms with van der Waals surface area (Å²) < 4.78 is 41.9. The molecule has 0 unspecified atom stereocenters. The minimum absolute atomic E-state index is 0.0608. The first-order valence-electron chi connectivity index (χ1n) is 11.1. The van der Waals surface area contributed by atoms with Crippen LogP contribution < -0.4 is 10.3 Å². The van der Waals surface area contributed by atoms with E-state index in [-0.39, 0.29) is 16.8 Å². The van der Waals surface area contributed by atoms with E-state index in [0.717, 1.165) is 10.6 Å². The van der Waals surface area contributed by atoms with Crippen LogP contribution >= 0.6 is 0 Å². The van der Waals surface area contributed by atoms with Gasteiger partial charge in [-0.25, -0.2) is 13.6 Å². The van der Waals surface area contributed by atoms with Crippen LogP contribution in [0, 0.1) is 18.6 Å². The molecule has 0 radical (unpaired) electrons. The van der Waals surface area contributed by atoms with Crippen molar-refractivity contribution >= 4 is 16.7 Å². The Kier molecular flexibility index (Phi) is 5.97. The largest absolute Gasteiger partial charge is 0.490 e. The van der Waals surface area contributed by atoms with E-state index >= 15 is 4.39 Å². The zero-order chi connectivity index (χ0) is 24.9. The second-order valence-corrected chi connectivity index (χ2v) is 9.55. The summed E-state index contributed by atoms with van der Waals surface area (Å²) in [6.07, 6.45) is -0.217. The van der Waals surface area contributed by atoms with Crippen LogP contribution in [-0.4, -0.2) is 27.9 Å². The molecule has 34 heavy (non-hydrogen) atoms. The summed E-state index contributed by atoms with van der Waals surface area (Å²) in [7, 11) is 1.42. The van der Waals surface area contributed by atoms with E-state index in [1.54, 1.807) is 20.8 Å². The van der Waals surface area contributed by atoms with Gasteiger partial charge in [0, 0.05) is 18.2 Å². The second kappa shape index (κ2) is 8.51. The summed E-state index contributed by atoms with van der Waals surface area (Å²) in [6, 6.07) is 5.02. The van der Waals surface area contributed by atoms with Crippen LogP contribution in [0.5, 0.6) is 5.75 Å². The molecule has 180 valence electrons. The fourth-order valence-corrected chi connectivity index (χ4v) is 4.59. The molecule has 1 atom stereocenters. The predicted molar refractivity (Wildman–Crippen MR) is 124 cm³/mol. The van der Waals surface area contributed by atoms with Crippen molar-refractivity contribution in [1.82, 2.24) is 4.57 Å².